The van der Waals surface area contributed by atoms with E-state index >= 15 is 0 Å². The summed E-state index contributed by atoms with van der Waals surface area (Å²) >= 11 is 0. The van der Waals surface area contributed by atoms with Crippen LogP contribution in [0.5, 0.6) is 0 Å². The highest BCUT2D eigenvalue weighted by Crippen LogP contribution is 2.20. The number of hydrogen-bond donors (Lipinski definition) is 1. The summed E-state index contributed by atoms with van der Waals surface area (Å²) in [4.78, 5) is 25.1. The monoisotopic (exact) mass is 445 g/mol. The van der Waals surface area contributed by atoms with E-state index < -0.39 is 23.7 Å². The fourth-order valence-electron chi connectivity index (χ4n) is 3.33. The first kappa shape index (κ1) is 24.1. The number of hydrogen-bond acceptors (Lipinski definition) is 4. The predicted molar refractivity (Wildman–Crippen MR) is 130 cm³/mol. The third kappa shape index (κ3) is 8.11. The molecule has 1 atom stereocenters. The fraction of sp³-hybridized carbons (Fsp3) is 0.286. The van der Waals surface area contributed by atoms with Gasteiger partial charge in [0.25, 0.3) is 0 Å². The Bertz CT molecular complexity index is 1030. The summed E-state index contributed by atoms with van der Waals surface area (Å²) in [5.41, 5.74) is 3.58. The number of esters is 1. The first-order valence-electron chi connectivity index (χ1n) is 11.1. The second-order valence-corrected chi connectivity index (χ2v) is 8.89. The van der Waals surface area contributed by atoms with E-state index in [0.29, 0.717) is 12.8 Å². The van der Waals surface area contributed by atoms with Crippen LogP contribution in [-0.4, -0.2) is 23.7 Å². The number of carbonyl (C=O) groups is 2. The van der Waals surface area contributed by atoms with E-state index in [1.54, 1.807) is 20.8 Å². The van der Waals surface area contributed by atoms with Gasteiger partial charge in [-0.3, -0.25) is 0 Å². The van der Waals surface area contributed by atoms with Gasteiger partial charge in [0.05, 0.1) is 0 Å². The Morgan fingerprint density at radius 2 is 1.36 bits per heavy atom. The molecule has 0 heterocycles. The summed E-state index contributed by atoms with van der Waals surface area (Å²) in [6, 6.07) is 27.0. The molecule has 3 rings (SSSR count). The van der Waals surface area contributed by atoms with Gasteiger partial charge in [-0.25, -0.2) is 9.59 Å². The van der Waals surface area contributed by atoms with Crippen molar-refractivity contribution in [3.8, 4) is 11.1 Å². The summed E-state index contributed by atoms with van der Waals surface area (Å²) in [6.07, 6.45) is 0.372. The smallest absolute Gasteiger partial charge is 0.408 e. The largest absolute Gasteiger partial charge is 0.459 e. The molecule has 33 heavy (non-hydrogen) atoms. The summed E-state index contributed by atoms with van der Waals surface area (Å²) in [5.74, 6) is -0.481. The number of alkyl carbamates (subject to hydrolysis) is 1. The maximum Gasteiger partial charge on any atom is 0.408 e. The lowest BCUT2D eigenvalue weighted by Crippen LogP contribution is -2.44. The average molecular weight is 446 g/mol. The number of nitrogens with one attached hydrogen (secondary N) is 1. The topological polar surface area (TPSA) is 64.6 Å². The third-order valence-electron chi connectivity index (χ3n) is 4.98. The maximum absolute atomic E-state index is 12.8. The molecule has 0 unspecified atom stereocenters. The van der Waals surface area contributed by atoms with E-state index in [1.165, 1.54) is 0 Å². The molecule has 0 saturated heterocycles. The molecule has 1 amide bonds. The van der Waals surface area contributed by atoms with E-state index in [9.17, 15) is 9.59 Å². The molecule has 172 valence electrons. The zero-order valence-electron chi connectivity index (χ0n) is 19.4. The zero-order valence-corrected chi connectivity index (χ0v) is 19.4. The molecule has 0 radical (unpaired) electrons. The van der Waals surface area contributed by atoms with Gasteiger partial charge >= 0.3 is 12.1 Å². The van der Waals surface area contributed by atoms with Crippen molar-refractivity contribution in [2.24, 2.45) is 0 Å². The Hall–Kier alpha value is -3.60. The Labute approximate surface area is 195 Å². The van der Waals surface area contributed by atoms with Crippen molar-refractivity contribution in [1.29, 1.82) is 0 Å². The van der Waals surface area contributed by atoms with Gasteiger partial charge in [0, 0.05) is 0 Å². The van der Waals surface area contributed by atoms with Crippen LogP contribution < -0.4 is 5.32 Å². The Morgan fingerprint density at radius 1 is 0.788 bits per heavy atom. The second-order valence-electron chi connectivity index (χ2n) is 8.89. The number of carbonyl (C=O) groups excluding carboxylic acids is 2. The van der Waals surface area contributed by atoms with Gasteiger partial charge in [-0.2, -0.15) is 0 Å². The molecular formula is C28H31NO4. The van der Waals surface area contributed by atoms with Crippen molar-refractivity contribution < 1.29 is 19.1 Å². The van der Waals surface area contributed by atoms with Crippen LogP contribution in [0.25, 0.3) is 11.1 Å². The van der Waals surface area contributed by atoms with Gasteiger partial charge in [0.1, 0.15) is 18.2 Å². The molecule has 5 nitrogen and oxygen atoms in total. The first-order valence-corrected chi connectivity index (χ1v) is 11.1. The Morgan fingerprint density at radius 3 is 1.97 bits per heavy atom. The van der Waals surface area contributed by atoms with Gasteiger partial charge in [0.2, 0.25) is 0 Å². The number of amides is 1. The molecule has 5 heteroatoms. The van der Waals surface area contributed by atoms with Gasteiger partial charge in [-0.15, -0.1) is 0 Å². The lowest BCUT2D eigenvalue weighted by molar-refractivity contribution is -0.147. The van der Waals surface area contributed by atoms with Crippen molar-refractivity contribution in [2.45, 2.75) is 51.9 Å². The van der Waals surface area contributed by atoms with Crippen LogP contribution in [0.4, 0.5) is 4.79 Å². The molecule has 0 bridgehead atoms. The fourth-order valence-corrected chi connectivity index (χ4v) is 3.33. The molecule has 1 N–H and O–H groups in total. The minimum Gasteiger partial charge on any atom is -0.459 e. The lowest BCUT2D eigenvalue weighted by atomic mass is 10.0. The SMILES string of the molecule is CC(C)(C)OC(=O)N[C@@H](CCc1ccc(-c2ccccc2)cc1)C(=O)OCc1ccccc1. The maximum atomic E-state index is 12.8. The lowest BCUT2D eigenvalue weighted by Gasteiger charge is -2.23. The average Bonchev–Trinajstić information content (AvgIpc) is 2.80. The van der Waals surface area contributed by atoms with Crippen molar-refractivity contribution in [2.75, 3.05) is 0 Å². The van der Waals surface area contributed by atoms with E-state index in [0.717, 1.165) is 22.3 Å². The highest BCUT2D eigenvalue weighted by atomic mass is 16.6. The van der Waals surface area contributed by atoms with E-state index in [1.807, 2.05) is 60.7 Å². The van der Waals surface area contributed by atoms with E-state index in [-0.39, 0.29) is 6.61 Å². The predicted octanol–water partition coefficient (Wildman–Crippen LogP) is 5.92. The summed E-state index contributed by atoms with van der Waals surface area (Å²) < 4.78 is 10.8. The third-order valence-corrected chi connectivity index (χ3v) is 4.98. The summed E-state index contributed by atoms with van der Waals surface area (Å²) in [7, 11) is 0. The quantitative estimate of drug-likeness (QED) is 0.437. The van der Waals surface area contributed by atoms with Crippen LogP contribution >= 0.6 is 0 Å². The van der Waals surface area contributed by atoms with Crippen molar-refractivity contribution in [3.05, 3.63) is 96.1 Å². The van der Waals surface area contributed by atoms with Gasteiger partial charge in [-0.1, -0.05) is 84.9 Å². The van der Waals surface area contributed by atoms with Crippen LogP contribution in [0, 0.1) is 0 Å². The molecule has 0 spiro atoms. The number of rotatable bonds is 8. The van der Waals surface area contributed by atoms with Crippen LogP contribution in [-0.2, 0) is 27.3 Å². The Balaban J connectivity index is 1.63. The first-order chi connectivity index (χ1) is 15.8. The van der Waals surface area contributed by atoms with Crippen LogP contribution in [0.3, 0.4) is 0 Å². The molecule has 0 aliphatic heterocycles. The summed E-state index contributed by atoms with van der Waals surface area (Å²) in [5, 5.41) is 2.68. The molecule has 0 aromatic heterocycles. The molecule has 0 saturated carbocycles. The van der Waals surface area contributed by atoms with E-state index in [2.05, 4.69) is 29.6 Å². The normalized spacial score (nSPS) is 12.0. The molecule has 0 fully saturated rings. The zero-order chi connectivity index (χ0) is 23.7. The van der Waals surface area contributed by atoms with E-state index in [4.69, 9.17) is 9.47 Å². The second kappa shape index (κ2) is 11.3. The molecule has 0 aliphatic carbocycles. The van der Waals surface area contributed by atoms with Crippen molar-refractivity contribution in [1.82, 2.24) is 5.32 Å². The molecule has 3 aromatic rings. The molecule has 0 aliphatic rings. The highest BCUT2D eigenvalue weighted by molar-refractivity contribution is 5.81. The summed E-state index contributed by atoms with van der Waals surface area (Å²) in [6.45, 7) is 5.49. The number of benzene rings is 3. The van der Waals surface area contributed by atoms with Crippen LogP contribution in [0.15, 0.2) is 84.9 Å². The van der Waals surface area contributed by atoms with Crippen molar-refractivity contribution in [3.63, 3.8) is 0 Å². The minimum absolute atomic E-state index is 0.151. The minimum atomic E-state index is -0.808. The van der Waals surface area contributed by atoms with Crippen LogP contribution in [0.2, 0.25) is 0 Å². The van der Waals surface area contributed by atoms with Crippen molar-refractivity contribution >= 4 is 12.1 Å². The van der Waals surface area contributed by atoms with Gasteiger partial charge < -0.3 is 14.8 Å². The molecular weight excluding hydrogens is 414 g/mol. The highest BCUT2D eigenvalue weighted by Gasteiger charge is 2.25. The van der Waals surface area contributed by atoms with Gasteiger partial charge in [0.15, 0.2) is 0 Å². The standard InChI is InChI=1S/C28H31NO4/c1-28(2,3)33-27(31)29-25(26(30)32-20-22-10-6-4-7-11-22)19-16-21-14-17-24(18-15-21)23-12-8-5-9-13-23/h4-15,17-18,25H,16,19-20H2,1-3H3,(H,29,31)/t25-/m0/s1. The number of ether oxygens (including phenoxy) is 2. The Kier molecular flexibility index (Phi) is 8.25. The van der Waals surface area contributed by atoms with Gasteiger partial charge in [-0.05, 0) is 55.9 Å². The number of aryl methyl sites for hydroxylation is 1. The van der Waals surface area contributed by atoms with Crippen LogP contribution in [0.1, 0.15) is 38.3 Å². The molecule has 3 aromatic carbocycles.